The van der Waals surface area contributed by atoms with Gasteiger partial charge < -0.3 is 24.8 Å². The summed E-state index contributed by atoms with van der Waals surface area (Å²) in [5.41, 5.74) is 1.69. The first kappa shape index (κ1) is 21.0. The van der Waals surface area contributed by atoms with Crippen LogP contribution < -0.4 is 9.47 Å². The first-order valence-corrected chi connectivity index (χ1v) is 10.2. The van der Waals surface area contributed by atoms with Crippen molar-refractivity contribution in [3.8, 4) is 23.0 Å². The normalized spacial score (nSPS) is 19.6. The van der Waals surface area contributed by atoms with Crippen molar-refractivity contribution in [2.24, 2.45) is 0 Å². The second-order valence-electron chi connectivity index (χ2n) is 8.70. The zero-order valence-corrected chi connectivity index (χ0v) is 17.8. The highest BCUT2D eigenvalue weighted by molar-refractivity contribution is 6.05. The predicted octanol–water partition coefficient (Wildman–Crippen LogP) is 4.47. The van der Waals surface area contributed by atoms with Gasteiger partial charge in [-0.3, -0.25) is 4.79 Å². The highest BCUT2D eigenvalue weighted by atomic mass is 16.5. The minimum atomic E-state index is -0.872. The van der Waals surface area contributed by atoms with Crippen LogP contribution in [0.4, 0.5) is 0 Å². The summed E-state index contributed by atoms with van der Waals surface area (Å²) >= 11 is 0. The number of aliphatic hydroxyl groups excluding tert-OH is 1. The number of fused-ring (bicyclic) bond motifs is 2. The van der Waals surface area contributed by atoms with Crippen molar-refractivity contribution < 1.29 is 29.6 Å². The van der Waals surface area contributed by atoms with Crippen LogP contribution in [-0.2, 0) is 6.42 Å². The number of hydrogen-bond acceptors (Lipinski definition) is 6. The maximum Gasteiger partial charge on any atom is 0.174 e. The number of ether oxygens (including phenoxy) is 2. The zero-order valence-electron chi connectivity index (χ0n) is 17.8. The Morgan fingerprint density at radius 2 is 1.90 bits per heavy atom. The minimum absolute atomic E-state index is 0.0443. The van der Waals surface area contributed by atoms with Gasteiger partial charge in [-0.25, -0.2) is 0 Å². The Morgan fingerprint density at radius 1 is 1.23 bits per heavy atom. The summed E-state index contributed by atoms with van der Waals surface area (Å²) in [5.74, 6) is 0.286. The van der Waals surface area contributed by atoms with E-state index in [0.717, 1.165) is 5.56 Å². The number of carbonyl (C=O) groups excluding carboxylic acids is 1. The van der Waals surface area contributed by atoms with Crippen molar-refractivity contribution in [2.75, 3.05) is 0 Å². The number of hydrogen-bond donors (Lipinski definition) is 3. The molecule has 0 unspecified atom stereocenters. The molecule has 2 atom stereocenters. The molecule has 0 radical (unpaired) electrons. The van der Waals surface area contributed by atoms with Crippen molar-refractivity contribution in [2.45, 2.75) is 51.4 Å². The third kappa shape index (κ3) is 3.79. The molecular formula is C25H26O6. The van der Waals surface area contributed by atoms with E-state index in [4.69, 9.17) is 9.47 Å². The fraction of sp³-hybridized carbons (Fsp3) is 0.320. The van der Waals surface area contributed by atoms with E-state index >= 15 is 0 Å². The number of aliphatic hydroxyl groups is 1. The molecule has 2 aromatic carbocycles. The highest BCUT2D eigenvalue weighted by Gasteiger charge is 2.38. The summed E-state index contributed by atoms with van der Waals surface area (Å²) in [6.45, 7) is 9.31. The summed E-state index contributed by atoms with van der Waals surface area (Å²) < 4.78 is 12.4. The molecule has 2 heterocycles. The zero-order chi connectivity index (χ0) is 22.5. The third-order valence-electron chi connectivity index (χ3n) is 5.67. The molecule has 0 fully saturated rings. The van der Waals surface area contributed by atoms with Crippen LogP contribution >= 0.6 is 0 Å². The van der Waals surface area contributed by atoms with Gasteiger partial charge in [0.25, 0.3) is 0 Å². The maximum atomic E-state index is 13.1. The molecule has 31 heavy (non-hydrogen) atoms. The molecule has 3 N–H and O–H groups in total. The van der Waals surface area contributed by atoms with E-state index in [2.05, 4.69) is 6.58 Å². The van der Waals surface area contributed by atoms with Crippen LogP contribution in [0.2, 0.25) is 0 Å². The van der Waals surface area contributed by atoms with Crippen LogP contribution in [0.3, 0.4) is 0 Å². The third-order valence-corrected chi connectivity index (χ3v) is 5.67. The lowest BCUT2D eigenvalue weighted by Gasteiger charge is -2.35. The van der Waals surface area contributed by atoms with Gasteiger partial charge in [-0.1, -0.05) is 24.3 Å². The van der Waals surface area contributed by atoms with Gasteiger partial charge in [0.2, 0.25) is 0 Å². The van der Waals surface area contributed by atoms with E-state index < -0.39 is 17.8 Å². The minimum Gasteiger partial charge on any atom is -0.508 e. The molecule has 2 aliphatic rings. The van der Waals surface area contributed by atoms with Gasteiger partial charge in [0.05, 0.1) is 18.1 Å². The number of phenols is 2. The first-order valence-electron chi connectivity index (χ1n) is 10.2. The summed E-state index contributed by atoms with van der Waals surface area (Å²) in [6, 6.07) is 6.46. The Labute approximate surface area is 181 Å². The van der Waals surface area contributed by atoms with Crippen LogP contribution in [0.15, 0.2) is 42.5 Å². The van der Waals surface area contributed by atoms with E-state index in [9.17, 15) is 20.1 Å². The lowest BCUT2D eigenvalue weighted by atomic mass is 9.87. The van der Waals surface area contributed by atoms with Crippen molar-refractivity contribution in [1.29, 1.82) is 0 Å². The Bertz CT molecular complexity index is 1090. The van der Waals surface area contributed by atoms with Crippen molar-refractivity contribution in [3.05, 3.63) is 64.7 Å². The summed E-state index contributed by atoms with van der Waals surface area (Å²) in [5, 5.41) is 31.1. The molecule has 6 heteroatoms. The average Bonchev–Trinajstić information content (AvgIpc) is 2.70. The van der Waals surface area contributed by atoms with Crippen LogP contribution in [-0.4, -0.2) is 32.8 Å². The number of aromatic hydroxyl groups is 2. The maximum absolute atomic E-state index is 13.1. The lowest BCUT2D eigenvalue weighted by Crippen LogP contribution is -2.30. The van der Waals surface area contributed by atoms with Gasteiger partial charge in [0.1, 0.15) is 40.3 Å². The molecule has 4 rings (SSSR count). The van der Waals surface area contributed by atoms with Crippen molar-refractivity contribution >= 4 is 11.9 Å². The largest absolute Gasteiger partial charge is 0.508 e. The van der Waals surface area contributed by atoms with Gasteiger partial charge in [-0.2, -0.15) is 0 Å². The Balaban J connectivity index is 1.90. The Morgan fingerprint density at radius 3 is 2.55 bits per heavy atom. The van der Waals surface area contributed by atoms with Crippen LogP contribution in [0.25, 0.3) is 6.08 Å². The number of ketones is 1. The fourth-order valence-electron chi connectivity index (χ4n) is 3.89. The lowest BCUT2D eigenvalue weighted by molar-refractivity contribution is 0.0835. The molecule has 0 bridgehead atoms. The quantitative estimate of drug-likeness (QED) is 0.629. The number of rotatable bonds is 4. The monoisotopic (exact) mass is 422 g/mol. The van der Waals surface area contributed by atoms with Crippen LogP contribution in [0.5, 0.6) is 23.0 Å². The summed E-state index contributed by atoms with van der Waals surface area (Å²) in [7, 11) is 0. The molecule has 162 valence electrons. The molecule has 0 aliphatic carbocycles. The van der Waals surface area contributed by atoms with Gasteiger partial charge in [0.15, 0.2) is 5.78 Å². The summed E-state index contributed by atoms with van der Waals surface area (Å²) in [4.78, 5) is 13.1. The highest BCUT2D eigenvalue weighted by Crippen LogP contribution is 2.51. The molecule has 0 saturated carbocycles. The average molecular weight is 422 g/mol. The number of carbonyl (C=O) groups is 1. The van der Waals surface area contributed by atoms with Gasteiger partial charge >= 0.3 is 0 Å². The first-order chi connectivity index (χ1) is 14.6. The topological polar surface area (TPSA) is 96.2 Å². The standard InChI is InChI=1S/C25H26O6/c1-13(2)18(27)11-17-23-16(9-10-25(3,4)31-23)22(29)21-19(28)12-20(30-24(17)21)14-5-7-15(26)8-6-14/h5-10,18,20,26-27,29H,1,11-12H2,2-4H3/t18-,20-/m0/s1. The summed E-state index contributed by atoms with van der Waals surface area (Å²) in [6.07, 6.45) is 2.26. The second-order valence-corrected chi connectivity index (χ2v) is 8.70. The fourth-order valence-corrected chi connectivity index (χ4v) is 3.89. The van der Waals surface area contributed by atoms with E-state index in [-0.39, 0.29) is 41.4 Å². The van der Waals surface area contributed by atoms with E-state index in [1.165, 1.54) is 12.1 Å². The molecule has 0 amide bonds. The Kier molecular flexibility index (Phi) is 5.06. The van der Waals surface area contributed by atoms with Gasteiger partial charge in [0, 0.05) is 12.0 Å². The number of Topliss-reactive ketones (excluding diaryl/α,β-unsaturated/α-hetero) is 1. The van der Waals surface area contributed by atoms with Gasteiger partial charge in [-0.05, 0) is 50.6 Å². The molecule has 0 aromatic heterocycles. The van der Waals surface area contributed by atoms with Crippen molar-refractivity contribution in [3.63, 3.8) is 0 Å². The molecule has 2 aliphatic heterocycles. The van der Waals surface area contributed by atoms with Crippen LogP contribution in [0, 0.1) is 0 Å². The number of phenolic OH excluding ortho intramolecular Hbond substituents is 2. The van der Waals surface area contributed by atoms with E-state index in [1.807, 2.05) is 19.9 Å². The predicted molar refractivity (Wildman–Crippen MR) is 117 cm³/mol. The van der Waals surface area contributed by atoms with Gasteiger partial charge in [-0.15, -0.1) is 0 Å². The molecule has 0 saturated heterocycles. The Hall–Kier alpha value is -3.25. The molecular weight excluding hydrogens is 396 g/mol. The molecule has 6 nitrogen and oxygen atoms in total. The number of benzene rings is 2. The van der Waals surface area contributed by atoms with E-state index in [0.29, 0.717) is 22.4 Å². The van der Waals surface area contributed by atoms with E-state index in [1.54, 1.807) is 25.1 Å². The smallest absolute Gasteiger partial charge is 0.174 e. The van der Waals surface area contributed by atoms with Crippen LogP contribution in [0.1, 0.15) is 60.3 Å². The van der Waals surface area contributed by atoms with Crippen molar-refractivity contribution in [1.82, 2.24) is 0 Å². The SMILES string of the molecule is C=C(C)[C@@H](O)Cc1c2c(c(O)c3c1O[C@H](c1ccc(O)cc1)CC3=O)C=CC(C)(C)O2. The molecule has 2 aromatic rings. The second kappa shape index (κ2) is 7.46. The molecule has 0 spiro atoms.